The molecule has 0 aliphatic carbocycles. The fourth-order valence-electron chi connectivity index (χ4n) is 2.64. The minimum absolute atomic E-state index is 0.0883. The van der Waals surface area contributed by atoms with Crippen LogP contribution in [-0.4, -0.2) is 14.4 Å². The predicted octanol–water partition coefficient (Wildman–Crippen LogP) is 3.40. The van der Waals surface area contributed by atoms with Gasteiger partial charge in [0.15, 0.2) is 5.96 Å². The van der Waals surface area contributed by atoms with Gasteiger partial charge in [-0.3, -0.25) is 0 Å². The Morgan fingerprint density at radius 3 is 2.14 bits per heavy atom. The number of guanidine groups is 1. The second-order valence-electron chi connectivity index (χ2n) is 6.68. The first-order valence-corrected chi connectivity index (χ1v) is 10.7. The number of primary sulfonamides is 1. The highest BCUT2D eigenvalue weighted by molar-refractivity contribution is 7.89. The quantitative estimate of drug-likeness (QED) is 0.430. The molecule has 0 spiro atoms. The van der Waals surface area contributed by atoms with Crippen LogP contribution in [0.4, 0.5) is 5.69 Å². The van der Waals surface area contributed by atoms with Gasteiger partial charge < -0.3 is 10.6 Å². The van der Waals surface area contributed by atoms with E-state index in [1.165, 1.54) is 17.7 Å². The minimum atomic E-state index is -3.69. The molecule has 0 saturated heterocycles. The maximum atomic E-state index is 11.4. The van der Waals surface area contributed by atoms with Gasteiger partial charge in [-0.25, -0.2) is 18.5 Å². The molecule has 7 heteroatoms. The van der Waals surface area contributed by atoms with Crippen LogP contribution in [-0.2, 0) is 23.1 Å². The van der Waals surface area contributed by atoms with Gasteiger partial charge >= 0.3 is 0 Å². The molecule has 3 rings (SSSR count). The van der Waals surface area contributed by atoms with Gasteiger partial charge in [-0.2, -0.15) is 0 Å². The highest BCUT2D eigenvalue weighted by Crippen LogP contribution is 2.11. The van der Waals surface area contributed by atoms with Gasteiger partial charge in [0.25, 0.3) is 0 Å². The van der Waals surface area contributed by atoms with Crippen molar-refractivity contribution in [3.05, 3.63) is 95.6 Å². The summed E-state index contributed by atoms with van der Waals surface area (Å²) < 4.78 is 22.8. The van der Waals surface area contributed by atoms with Crippen LogP contribution < -0.4 is 15.8 Å². The Hall–Kier alpha value is -3.16. The molecule has 0 unspecified atom stereocenters. The van der Waals surface area contributed by atoms with Crippen LogP contribution in [0.3, 0.4) is 0 Å². The summed E-state index contributed by atoms with van der Waals surface area (Å²) in [6.07, 6.45) is 0. The molecule has 29 heavy (non-hydrogen) atoms. The molecule has 3 aromatic rings. The van der Waals surface area contributed by atoms with Crippen molar-refractivity contribution in [1.82, 2.24) is 5.32 Å². The van der Waals surface area contributed by atoms with Crippen LogP contribution in [0.2, 0.25) is 0 Å². The number of aryl methyl sites for hydroxylation is 1. The first kappa shape index (κ1) is 20.6. The normalized spacial score (nSPS) is 11.9. The van der Waals surface area contributed by atoms with Crippen LogP contribution in [0.15, 0.2) is 88.8 Å². The van der Waals surface area contributed by atoms with Crippen LogP contribution >= 0.6 is 0 Å². The van der Waals surface area contributed by atoms with E-state index in [4.69, 9.17) is 5.14 Å². The molecule has 0 aliphatic heterocycles. The smallest absolute Gasteiger partial charge is 0.238 e. The van der Waals surface area contributed by atoms with Crippen molar-refractivity contribution in [3.63, 3.8) is 0 Å². The van der Waals surface area contributed by atoms with E-state index in [9.17, 15) is 8.42 Å². The molecule has 150 valence electrons. The number of anilines is 1. The van der Waals surface area contributed by atoms with E-state index in [0.29, 0.717) is 19.0 Å². The van der Waals surface area contributed by atoms with Crippen LogP contribution in [0.5, 0.6) is 0 Å². The first-order chi connectivity index (χ1) is 13.9. The van der Waals surface area contributed by atoms with Gasteiger partial charge in [0.2, 0.25) is 10.0 Å². The van der Waals surface area contributed by atoms with E-state index in [1.807, 2.05) is 30.3 Å². The highest BCUT2D eigenvalue weighted by Gasteiger charge is 2.07. The van der Waals surface area contributed by atoms with E-state index in [-0.39, 0.29) is 4.90 Å². The topological polar surface area (TPSA) is 96.6 Å². The molecule has 0 fully saturated rings. The zero-order chi connectivity index (χ0) is 20.7. The summed E-state index contributed by atoms with van der Waals surface area (Å²) in [5.41, 5.74) is 4.16. The average molecular weight is 409 g/mol. The molecule has 0 radical (unpaired) electrons. The third-order valence-corrected chi connectivity index (χ3v) is 5.22. The van der Waals surface area contributed by atoms with Gasteiger partial charge in [0.1, 0.15) is 0 Å². The Morgan fingerprint density at radius 1 is 0.897 bits per heavy atom. The molecule has 0 saturated carbocycles. The van der Waals surface area contributed by atoms with Gasteiger partial charge in [-0.1, -0.05) is 60.2 Å². The first-order valence-electron chi connectivity index (χ1n) is 9.18. The predicted molar refractivity (Wildman–Crippen MR) is 117 cm³/mol. The summed E-state index contributed by atoms with van der Waals surface area (Å²) in [7, 11) is -3.69. The molecule has 3 aromatic carbocycles. The maximum absolute atomic E-state index is 11.4. The molecule has 6 nitrogen and oxygen atoms in total. The lowest BCUT2D eigenvalue weighted by atomic mass is 10.1. The number of hydrogen-bond donors (Lipinski definition) is 3. The van der Waals surface area contributed by atoms with Crippen molar-refractivity contribution in [2.45, 2.75) is 24.9 Å². The van der Waals surface area contributed by atoms with E-state index < -0.39 is 10.0 Å². The number of nitrogens with zero attached hydrogens (tertiary/aromatic N) is 1. The molecule has 0 heterocycles. The van der Waals surface area contributed by atoms with Gasteiger partial charge in [-0.15, -0.1) is 0 Å². The highest BCUT2D eigenvalue weighted by atomic mass is 32.2. The zero-order valence-corrected chi connectivity index (χ0v) is 17.0. The number of sulfonamides is 1. The maximum Gasteiger partial charge on any atom is 0.238 e. The number of aliphatic imine (C=N–C) groups is 1. The van der Waals surface area contributed by atoms with Crippen LogP contribution in [0.25, 0.3) is 0 Å². The second kappa shape index (κ2) is 9.36. The number of rotatable bonds is 6. The van der Waals surface area contributed by atoms with E-state index in [2.05, 4.69) is 46.8 Å². The lowest BCUT2D eigenvalue weighted by Crippen LogP contribution is -2.30. The zero-order valence-electron chi connectivity index (χ0n) is 16.2. The minimum Gasteiger partial charge on any atom is -0.352 e. The van der Waals surface area contributed by atoms with E-state index in [1.54, 1.807) is 12.1 Å². The lowest BCUT2D eigenvalue weighted by Gasteiger charge is -2.13. The summed E-state index contributed by atoms with van der Waals surface area (Å²) in [6.45, 7) is 3.08. The number of benzene rings is 3. The average Bonchev–Trinajstić information content (AvgIpc) is 2.71. The van der Waals surface area contributed by atoms with Crippen molar-refractivity contribution >= 4 is 21.7 Å². The number of hydrogen-bond acceptors (Lipinski definition) is 3. The van der Waals surface area contributed by atoms with Crippen molar-refractivity contribution in [2.75, 3.05) is 5.32 Å². The lowest BCUT2D eigenvalue weighted by molar-refractivity contribution is 0.598. The summed E-state index contributed by atoms with van der Waals surface area (Å²) in [6, 6.07) is 24.5. The summed E-state index contributed by atoms with van der Waals surface area (Å²) >= 11 is 0. The molecule has 0 amide bonds. The summed E-state index contributed by atoms with van der Waals surface area (Å²) in [5.74, 6) is 0.632. The standard InChI is InChI=1S/C22H24N4O2S/c1-17-7-9-18(10-8-17)15-24-22(26-20-5-3-2-4-6-20)25-16-19-11-13-21(14-12-19)29(23,27)28/h2-14H,15-16H2,1H3,(H2,23,27,28)(H2,24,25,26). The summed E-state index contributed by atoms with van der Waals surface area (Å²) in [4.78, 5) is 4.72. The SMILES string of the molecule is Cc1ccc(CNC(=NCc2ccc(S(N)(=O)=O)cc2)Nc2ccccc2)cc1. The Labute approximate surface area is 171 Å². The van der Waals surface area contributed by atoms with Gasteiger partial charge in [-0.05, 0) is 42.3 Å². The van der Waals surface area contributed by atoms with Crippen molar-refractivity contribution in [1.29, 1.82) is 0 Å². The van der Waals surface area contributed by atoms with Crippen LogP contribution in [0, 0.1) is 6.92 Å². The fourth-order valence-corrected chi connectivity index (χ4v) is 3.16. The number of para-hydroxylation sites is 1. The van der Waals surface area contributed by atoms with Crippen molar-refractivity contribution < 1.29 is 8.42 Å². The largest absolute Gasteiger partial charge is 0.352 e. The summed E-state index contributed by atoms with van der Waals surface area (Å²) in [5, 5.41) is 11.8. The van der Waals surface area contributed by atoms with E-state index in [0.717, 1.165) is 16.8 Å². The van der Waals surface area contributed by atoms with Crippen molar-refractivity contribution in [3.8, 4) is 0 Å². The number of nitrogens with two attached hydrogens (primary N) is 1. The van der Waals surface area contributed by atoms with Gasteiger partial charge in [0, 0.05) is 12.2 Å². The molecular formula is C22H24N4O2S. The molecule has 0 aliphatic rings. The molecule has 0 atom stereocenters. The Bertz CT molecular complexity index is 1060. The van der Waals surface area contributed by atoms with Crippen LogP contribution in [0.1, 0.15) is 16.7 Å². The molecular weight excluding hydrogens is 384 g/mol. The third kappa shape index (κ3) is 6.44. The fraction of sp³-hybridized carbons (Fsp3) is 0.136. The Morgan fingerprint density at radius 2 is 1.52 bits per heavy atom. The van der Waals surface area contributed by atoms with Crippen molar-refractivity contribution in [2.24, 2.45) is 10.1 Å². The van der Waals surface area contributed by atoms with E-state index >= 15 is 0 Å². The third-order valence-electron chi connectivity index (χ3n) is 4.29. The Kier molecular flexibility index (Phi) is 6.64. The molecule has 0 aromatic heterocycles. The van der Waals surface area contributed by atoms with Gasteiger partial charge in [0.05, 0.1) is 11.4 Å². The number of nitrogens with one attached hydrogen (secondary N) is 2. The molecule has 4 N–H and O–H groups in total. The molecule has 0 bridgehead atoms. The second-order valence-corrected chi connectivity index (χ2v) is 8.25. The Balaban J connectivity index is 1.73. The monoisotopic (exact) mass is 408 g/mol.